The van der Waals surface area contributed by atoms with Crippen LogP contribution in [0.3, 0.4) is 0 Å². The van der Waals surface area contributed by atoms with E-state index in [9.17, 15) is 4.79 Å². The van der Waals surface area contributed by atoms with E-state index in [2.05, 4.69) is 10.6 Å². The van der Waals surface area contributed by atoms with Gasteiger partial charge in [-0.1, -0.05) is 23.2 Å². The van der Waals surface area contributed by atoms with Gasteiger partial charge < -0.3 is 15.4 Å². The van der Waals surface area contributed by atoms with Gasteiger partial charge in [0.2, 0.25) is 0 Å². The van der Waals surface area contributed by atoms with Gasteiger partial charge in [-0.25, -0.2) is 0 Å². The predicted molar refractivity (Wildman–Crippen MR) is 80.7 cm³/mol. The van der Waals surface area contributed by atoms with Crippen LogP contribution in [0.1, 0.15) is 15.9 Å². The van der Waals surface area contributed by atoms with Gasteiger partial charge in [-0.15, -0.1) is 0 Å². The maximum absolute atomic E-state index is 12.1. The average Bonchev–Trinajstić information content (AvgIpc) is 2.70. The molecule has 2 N–H and O–H groups in total. The molecule has 1 fully saturated rings. The first kappa shape index (κ1) is 15.6. The second-order valence-corrected chi connectivity index (χ2v) is 5.73. The molecule has 1 amide bonds. The number of rotatable bonds is 3. The molecule has 6 heteroatoms. The molecule has 1 heterocycles. The summed E-state index contributed by atoms with van der Waals surface area (Å²) in [7, 11) is 0. The highest BCUT2D eigenvalue weighted by Gasteiger charge is 2.15. The van der Waals surface area contributed by atoms with E-state index in [4.69, 9.17) is 27.9 Å². The van der Waals surface area contributed by atoms with Crippen molar-refractivity contribution in [1.29, 1.82) is 0 Å². The monoisotopic (exact) mass is 316 g/mol. The maximum atomic E-state index is 12.1. The summed E-state index contributed by atoms with van der Waals surface area (Å²) in [5.74, 6) is 0.107. The van der Waals surface area contributed by atoms with Crippen molar-refractivity contribution >= 4 is 29.1 Å². The number of carbonyl (C=O) groups is 1. The Bertz CT molecular complexity index is 463. The van der Waals surface area contributed by atoms with Gasteiger partial charge in [-0.3, -0.25) is 4.79 Å². The Labute approximate surface area is 128 Å². The van der Waals surface area contributed by atoms with Crippen molar-refractivity contribution in [3.05, 3.63) is 33.3 Å². The van der Waals surface area contributed by atoms with Gasteiger partial charge in [0.25, 0.3) is 5.91 Å². The van der Waals surface area contributed by atoms with Gasteiger partial charge in [0.05, 0.1) is 13.2 Å². The van der Waals surface area contributed by atoms with Crippen molar-refractivity contribution < 1.29 is 9.53 Å². The number of hydrogen-bond acceptors (Lipinski definition) is 3. The third-order valence-corrected chi connectivity index (χ3v) is 4.09. The van der Waals surface area contributed by atoms with E-state index < -0.39 is 0 Å². The van der Waals surface area contributed by atoms with E-state index in [1.54, 1.807) is 12.1 Å². The molecule has 20 heavy (non-hydrogen) atoms. The fourth-order valence-electron chi connectivity index (χ4n) is 2.01. The van der Waals surface area contributed by atoms with E-state index in [0.29, 0.717) is 35.4 Å². The summed E-state index contributed by atoms with van der Waals surface area (Å²) >= 11 is 12.1. The third-order valence-electron chi connectivity index (χ3n) is 3.30. The van der Waals surface area contributed by atoms with Crippen LogP contribution in [0.25, 0.3) is 0 Å². The summed E-state index contributed by atoms with van der Waals surface area (Å²) in [6.45, 7) is 5.45. The first-order chi connectivity index (χ1) is 9.58. The quantitative estimate of drug-likeness (QED) is 0.899. The van der Waals surface area contributed by atoms with Crippen molar-refractivity contribution in [3.63, 3.8) is 0 Å². The molecule has 0 radical (unpaired) electrons. The lowest BCUT2D eigenvalue weighted by atomic mass is 10.1. The van der Waals surface area contributed by atoms with Crippen molar-refractivity contribution in [1.82, 2.24) is 10.6 Å². The molecule has 0 spiro atoms. The molecule has 0 aromatic heterocycles. The summed E-state index contributed by atoms with van der Waals surface area (Å²) < 4.78 is 5.44. The number of halogens is 2. The number of ether oxygens (including phenoxy) is 1. The highest BCUT2D eigenvalue weighted by molar-refractivity contribution is 6.36. The Hall–Kier alpha value is -0.810. The zero-order chi connectivity index (χ0) is 14.5. The number of benzene rings is 1. The van der Waals surface area contributed by atoms with Crippen LogP contribution in [-0.2, 0) is 4.74 Å². The summed E-state index contributed by atoms with van der Waals surface area (Å²) in [6, 6.07) is 3.28. The Morgan fingerprint density at radius 3 is 2.85 bits per heavy atom. The summed E-state index contributed by atoms with van der Waals surface area (Å²) in [5, 5.41) is 7.17. The normalized spacial score (nSPS) is 19.4. The van der Waals surface area contributed by atoms with Crippen molar-refractivity contribution in [2.75, 3.05) is 32.8 Å². The molecule has 1 aromatic rings. The number of amides is 1. The van der Waals surface area contributed by atoms with Crippen molar-refractivity contribution in [3.8, 4) is 0 Å². The molecular formula is C14H18Cl2N2O2. The first-order valence-corrected chi connectivity index (χ1v) is 7.36. The SMILES string of the molecule is Cc1c(Cl)cc(C(=O)NC[C@@H]2CNCCOC2)cc1Cl. The summed E-state index contributed by atoms with van der Waals surface area (Å²) in [6.07, 6.45) is 0. The average molecular weight is 317 g/mol. The molecule has 0 bridgehead atoms. The fraction of sp³-hybridized carbons (Fsp3) is 0.500. The van der Waals surface area contributed by atoms with E-state index in [1.165, 1.54) is 0 Å². The number of hydrogen-bond donors (Lipinski definition) is 2. The van der Waals surface area contributed by atoms with E-state index in [0.717, 1.165) is 18.7 Å². The molecular weight excluding hydrogens is 299 g/mol. The van der Waals surface area contributed by atoms with E-state index >= 15 is 0 Å². The highest BCUT2D eigenvalue weighted by atomic mass is 35.5. The molecule has 110 valence electrons. The first-order valence-electron chi connectivity index (χ1n) is 6.60. The second kappa shape index (κ2) is 7.27. The minimum atomic E-state index is -0.168. The zero-order valence-electron chi connectivity index (χ0n) is 11.3. The van der Waals surface area contributed by atoms with Crippen LogP contribution in [0.5, 0.6) is 0 Å². The van der Waals surface area contributed by atoms with Gasteiger partial charge >= 0.3 is 0 Å². The number of carbonyl (C=O) groups excluding carboxylic acids is 1. The smallest absolute Gasteiger partial charge is 0.251 e. The van der Waals surface area contributed by atoms with E-state index in [-0.39, 0.29) is 11.8 Å². The van der Waals surface area contributed by atoms with Crippen LogP contribution in [0.2, 0.25) is 10.0 Å². The fourth-order valence-corrected chi connectivity index (χ4v) is 2.49. The molecule has 2 rings (SSSR count). The predicted octanol–water partition coefficient (Wildman–Crippen LogP) is 2.27. The van der Waals surface area contributed by atoms with E-state index in [1.807, 2.05) is 6.92 Å². The van der Waals surface area contributed by atoms with Crippen LogP contribution in [-0.4, -0.2) is 38.8 Å². The molecule has 4 nitrogen and oxygen atoms in total. The summed E-state index contributed by atoms with van der Waals surface area (Å²) in [4.78, 5) is 12.1. The molecule has 1 aliphatic rings. The van der Waals surface area contributed by atoms with Gasteiger partial charge in [0.1, 0.15) is 0 Å². The Morgan fingerprint density at radius 1 is 1.45 bits per heavy atom. The molecule has 1 aliphatic heterocycles. The van der Waals surface area contributed by atoms with Gasteiger partial charge in [-0.05, 0) is 24.6 Å². The van der Waals surface area contributed by atoms with Gasteiger partial charge in [-0.2, -0.15) is 0 Å². The van der Waals surface area contributed by atoms with Crippen LogP contribution < -0.4 is 10.6 Å². The van der Waals surface area contributed by atoms with Crippen LogP contribution >= 0.6 is 23.2 Å². The minimum absolute atomic E-state index is 0.168. The van der Waals surface area contributed by atoms with Gasteiger partial charge in [0, 0.05) is 41.2 Å². The molecule has 0 saturated carbocycles. The van der Waals surface area contributed by atoms with Crippen LogP contribution in [0, 0.1) is 12.8 Å². The Morgan fingerprint density at radius 2 is 2.15 bits per heavy atom. The lowest BCUT2D eigenvalue weighted by Crippen LogP contribution is -2.35. The lowest BCUT2D eigenvalue weighted by molar-refractivity contribution is 0.0921. The molecule has 0 aliphatic carbocycles. The van der Waals surface area contributed by atoms with Crippen LogP contribution in [0.4, 0.5) is 0 Å². The highest BCUT2D eigenvalue weighted by Crippen LogP contribution is 2.25. The minimum Gasteiger partial charge on any atom is -0.380 e. The zero-order valence-corrected chi connectivity index (χ0v) is 12.9. The largest absolute Gasteiger partial charge is 0.380 e. The molecule has 1 saturated heterocycles. The summed E-state index contributed by atoms with van der Waals surface area (Å²) in [5.41, 5.74) is 1.26. The van der Waals surface area contributed by atoms with Crippen molar-refractivity contribution in [2.24, 2.45) is 5.92 Å². The maximum Gasteiger partial charge on any atom is 0.251 e. The Kier molecular flexibility index (Phi) is 5.66. The Balaban J connectivity index is 1.94. The lowest BCUT2D eigenvalue weighted by Gasteiger charge is -2.15. The standard InChI is InChI=1S/C14H18Cl2N2O2/c1-9-12(15)4-11(5-13(9)16)14(19)18-7-10-6-17-2-3-20-8-10/h4-5,10,17H,2-3,6-8H2,1H3,(H,18,19)/t10-/m0/s1. The van der Waals surface area contributed by atoms with Gasteiger partial charge in [0.15, 0.2) is 0 Å². The number of nitrogens with one attached hydrogen (secondary N) is 2. The second-order valence-electron chi connectivity index (χ2n) is 4.92. The molecule has 1 atom stereocenters. The van der Waals surface area contributed by atoms with Crippen molar-refractivity contribution in [2.45, 2.75) is 6.92 Å². The topological polar surface area (TPSA) is 50.4 Å². The van der Waals surface area contributed by atoms with Crippen LogP contribution in [0.15, 0.2) is 12.1 Å². The third kappa shape index (κ3) is 4.09. The molecule has 0 unspecified atom stereocenters. The molecule has 1 aromatic carbocycles.